The van der Waals surface area contributed by atoms with E-state index in [1.807, 2.05) is 194 Å². The highest BCUT2D eigenvalue weighted by atomic mass is 16.6. The lowest BCUT2D eigenvalue weighted by Crippen LogP contribution is -2.44. The molecular formula is C73H110O12. The van der Waals surface area contributed by atoms with Gasteiger partial charge in [0.1, 0.15) is 43.7 Å². The highest BCUT2D eigenvalue weighted by Gasteiger charge is 2.40. The Hall–Kier alpha value is -5.46. The number of carbonyl (C=O) groups is 4. The molecule has 2 atom stereocenters. The lowest BCUT2D eigenvalue weighted by Gasteiger charge is -2.40. The molecule has 0 radical (unpaired) electrons. The van der Waals surface area contributed by atoms with Crippen molar-refractivity contribution in [3.05, 3.63) is 110 Å². The Morgan fingerprint density at radius 1 is 0.424 bits per heavy atom. The number of phenols is 3. The second kappa shape index (κ2) is 26.9. The Bertz CT molecular complexity index is 2580. The number of allylic oxidation sites excluding steroid dienone is 2. The third-order valence-corrected chi connectivity index (χ3v) is 16.2. The van der Waals surface area contributed by atoms with Crippen LogP contribution in [0.1, 0.15) is 242 Å². The third kappa shape index (κ3) is 20.3. The predicted octanol–water partition coefficient (Wildman–Crippen LogP) is 15.3. The molecule has 0 saturated carbocycles. The van der Waals surface area contributed by atoms with E-state index in [2.05, 4.69) is 20.8 Å². The Morgan fingerprint density at radius 3 is 0.953 bits per heavy atom. The van der Waals surface area contributed by atoms with Crippen LogP contribution in [0.5, 0.6) is 17.2 Å². The molecule has 3 aromatic rings. The number of aromatic hydroxyl groups is 3. The van der Waals surface area contributed by atoms with Gasteiger partial charge in [0.2, 0.25) is 0 Å². The van der Waals surface area contributed by atoms with Crippen molar-refractivity contribution in [3.63, 3.8) is 0 Å². The van der Waals surface area contributed by atoms with Crippen LogP contribution in [-0.4, -0.2) is 83.3 Å². The van der Waals surface area contributed by atoms with Gasteiger partial charge in [-0.05, 0) is 124 Å². The molecule has 2 unspecified atom stereocenters. The van der Waals surface area contributed by atoms with Crippen LogP contribution in [-0.2, 0) is 89.9 Å². The standard InChI is InChI=1S/C73H110O12/c1-65(2,3)50-32-45(33-51(61(50)78)66(4,5)6)25-28-58(75)83-42-73(41-82-40-49(74)31-48-38-56(71(19,20)21)64(81)57(39-48)72(22,23)24,43-84-59(76)29-26-46-34-52(67(7,8)9)62(79)53(35-46)68(10,11)12)44-85-60(77)30-27-47-36-54(69(13,14)15)63(80)55(37-47)70(16,17)18/h32-39,56,64,78-81H,25-31,40-44H2,1-24H3. The van der Waals surface area contributed by atoms with E-state index in [1.165, 1.54) is 0 Å². The number of carbonyl (C=O) groups excluding carboxylic acids is 4. The van der Waals surface area contributed by atoms with Crippen LogP contribution in [0.4, 0.5) is 0 Å². The van der Waals surface area contributed by atoms with E-state index in [1.54, 1.807) is 0 Å². The first-order valence-electron chi connectivity index (χ1n) is 30.7. The van der Waals surface area contributed by atoms with Crippen LogP contribution in [0, 0.1) is 22.2 Å². The van der Waals surface area contributed by atoms with E-state index < -0.39 is 81.7 Å². The van der Waals surface area contributed by atoms with Crippen molar-refractivity contribution in [2.75, 3.05) is 33.0 Å². The molecule has 0 fully saturated rings. The molecular weight excluding hydrogens is 1070 g/mol. The quantitative estimate of drug-likeness (QED) is 0.0585. The maximum atomic E-state index is 14.1. The average Bonchev–Trinajstić information content (AvgIpc) is 2.51. The molecule has 0 aromatic heterocycles. The number of esters is 3. The van der Waals surface area contributed by atoms with Gasteiger partial charge in [-0.3, -0.25) is 19.2 Å². The number of phenolic OH excluding ortho intramolecular Hbond substituents is 3. The summed E-state index contributed by atoms with van der Waals surface area (Å²) in [5.74, 6) is -1.54. The summed E-state index contributed by atoms with van der Waals surface area (Å²) in [6.45, 7) is 46.9. The molecule has 474 valence electrons. The van der Waals surface area contributed by atoms with Crippen LogP contribution in [0.15, 0.2) is 59.7 Å². The normalized spacial score (nSPS) is 16.0. The third-order valence-electron chi connectivity index (χ3n) is 16.2. The minimum Gasteiger partial charge on any atom is -0.507 e. The number of rotatable bonds is 21. The Morgan fingerprint density at radius 2 is 0.706 bits per heavy atom. The number of ether oxygens (including phenoxy) is 4. The van der Waals surface area contributed by atoms with E-state index in [0.29, 0.717) is 0 Å². The van der Waals surface area contributed by atoms with E-state index in [0.717, 1.165) is 61.2 Å². The first-order valence-corrected chi connectivity index (χ1v) is 30.7. The zero-order valence-electron chi connectivity index (χ0n) is 56.8. The fraction of sp³-hybridized carbons (Fsp3) is 0.644. The van der Waals surface area contributed by atoms with Crippen molar-refractivity contribution in [2.45, 2.75) is 250 Å². The SMILES string of the molecule is CC(C)(C)C1=CC(CC(=O)COCC(COC(=O)CCc2cc(C(C)(C)C)c(O)c(C(C)(C)C)c2)(COC(=O)CCc2cc(C(C)(C)C)c(O)c(C(C)(C)C)c2)COC(=O)CCc2cc(C(C)(C)C)c(O)c(C(C)(C)C)c2)=CC(C(C)(C)C)C1O. The molecule has 0 saturated heterocycles. The smallest absolute Gasteiger partial charge is 0.306 e. The summed E-state index contributed by atoms with van der Waals surface area (Å²) in [6, 6.07) is 11.6. The van der Waals surface area contributed by atoms with Crippen molar-refractivity contribution in [3.8, 4) is 17.2 Å². The number of hydrogen-bond acceptors (Lipinski definition) is 12. The van der Waals surface area contributed by atoms with E-state index in [4.69, 9.17) is 18.9 Å². The maximum Gasteiger partial charge on any atom is 0.306 e. The summed E-state index contributed by atoms with van der Waals surface area (Å²) >= 11 is 0. The van der Waals surface area contributed by atoms with Crippen LogP contribution in [0.2, 0.25) is 0 Å². The van der Waals surface area contributed by atoms with Gasteiger partial charge in [-0.2, -0.15) is 0 Å². The Balaban J connectivity index is 1.75. The van der Waals surface area contributed by atoms with Crippen LogP contribution < -0.4 is 0 Å². The topological polar surface area (TPSA) is 186 Å². The van der Waals surface area contributed by atoms with E-state index >= 15 is 0 Å². The lowest BCUT2D eigenvalue weighted by atomic mass is 9.67. The van der Waals surface area contributed by atoms with Crippen molar-refractivity contribution >= 4 is 23.7 Å². The largest absolute Gasteiger partial charge is 0.507 e. The summed E-state index contributed by atoms with van der Waals surface area (Å²) in [5.41, 5.74) is 4.18. The summed E-state index contributed by atoms with van der Waals surface area (Å²) in [7, 11) is 0. The molecule has 0 bridgehead atoms. The van der Waals surface area contributed by atoms with Crippen LogP contribution in [0.25, 0.3) is 0 Å². The molecule has 3 aromatic carbocycles. The minimum absolute atomic E-state index is 0.0200. The molecule has 4 N–H and O–H groups in total. The first kappa shape index (κ1) is 72.0. The van der Waals surface area contributed by atoms with Gasteiger partial charge in [0.25, 0.3) is 0 Å². The number of aryl methyl sites for hydroxylation is 3. The number of benzene rings is 3. The molecule has 1 aliphatic rings. The number of aliphatic hydroxyl groups excluding tert-OH is 1. The second-order valence-electron chi connectivity index (χ2n) is 32.7. The van der Waals surface area contributed by atoms with Crippen molar-refractivity contribution in [2.24, 2.45) is 22.2 Å². The van der Waals surface area contributed by atoms with Crippen molar-refractivity contribution < 1.29 is 58.6 Å². The number of Topliss-reactive ketones (excluding diaryl/α,β-unsaturated/α-hetero) is 1. The number of ketones is 1. The molecule has 0 heterocycles. The highest BCUT2D eigenvalue weighted by Crippen LogP contribution is 2.45. The molecule has 1 aliphatic carbocycles. The molecule has 0 spiro atoms. The van der Waals surface area contributed by atoms with Crippen molar-refractivity contribution in [1.29, 1.82) is 0 Å². The highest BCUT2D eigenvalue weighted by molar-refractivity contribution is 5.83. The first-order chi connectivity index (χ1) is 38.4. The molecule has 12 heteroatoms. The molecule has 0 amide bonds. The predicted molar refractivity (Wildman–Crippen MR) is 342 cm³/mol. The Labute approximate surface area is 512 Å². The van der Waals surface area contributed by atoms with Gasteiger partial charge in [0, 0.05) is 31.6 Å². The molecule has 0 aliphatic heterocycles. The lowest BCUT2D eigenvalue weighted by molar-refractivity contribution is -0.168. The fourth-order valence-electron chi connectivity index (χ4n) is 10.9. The van der Waals surface area contributed by atoms with Gasteiger partial charge in [0.15, 0.2) is 5.78 Å². The zero-order valence-corrected chi connectivity index (χ0v) is 56.8. The zero-order chi connectivity index (χ0) is 65.0. The van der Waals surface area contributed by atoms with E-state index in [-0.39, 0.29) is 97.9 Å². The molecule has 85 heavy (non-hydrogen) atoms. The fourth-order valence-corrected chi connectivity index (χ4v) is 10.9. The monoisotopic (exact) mass is 1180 g/mol. The summed E-state index contributed by atoms with van der Waals surface area (Å²) < 4.78 is 24.7. The number of aliphatic hydroxyl groups is 1. The summed E-state index contributed by atoms with van der Waals surface area (Å²) in [4.78, 5) is 56.4. The maximum absolute atomic E-state index is 14.1. The minimum atomic E-state index is -1.50. The average molecular weight is 1180 g/mol. The van der Waals surface area contributed by atoms with Gasteiger partial charge >= 0.3 is 17.9 Å². The van der Waals surface area contributed by atoms with Crippen molar-refractivity contribution in [1.82, 2.24) is 0 Å². The summed E-state index contributed by atoms with van der Waals surface area (Å²) in [6.07, 6.45) is 3.92. The van der Waals surface area contributed by atoms with Gasteiger partial charge < -0.3 is 39.4 Å². The second-order valence-corrected chi connectivity index (χ2v) is 32.7. The molecule has 4 rings (SSSR count). The van der Waals surface area contributed by atoms with Gasteiger partial charge in [-0.15, -0.1) is 0 Å². The summed E-state index contributed by atoms with van der Waals surface area (Å²) in [5, 5.41) is 45.8. The van der Waals surface area contributed by atoms with E-state index in [9.17, 15) is 39.6 Å². The van der Waals surface area contributed by atoms with Gasteiger partial charge in [0.05, 0.1) is 18.1 Å². The van der Waals surface area contributed by atoms with Crippen LogP contribution >= 0.6 is 0 Å². The van der Waals surface area contributed by atoms with Gasteiger partial charge in [-0.1, -0.05) is 215 Å². The van der Waals surface area contributed by atoms with Gasteiger partial charge in [-0.25, -0.2) is 0 Å². The Kier molecular flexibility index (Phi) is 22.8. The number of hydrogen-bond donors (Lipinski definition) is 4. The molecule has 12 nitrogen and oxygen atoms in total. The van der Waals surface area contributed by atoms with Crippen LogP contribution in [0.3, 0.4) is 0 Å².